The standard InChI is InChI=1S/C24H23NO3S/c1-3-28-24(27)21-10-7-11-22(17(21)2)25-23(26)19-14-12-18(13-15-19)16-29-20-8-5-4-6-9-20/h4-15H,3,16H2,1-2H3,(H,25,26). The normalized spacial score (nSPS) is 10.4. The molecule has 0 aliphatic rings. The molecule has 0 fully saturated rings. The SMILES string of the molecule is CCOC(=O)c1cccc(NC(=O)c2ccc(CSc3ccccc3)cc2)c1C. The summed E-state index contributed by atoms with van der Waals surface area (Å²) in [6, 6.07) is 23.0. The van der Waals surface area contributed by atoms with Gasteiger partial charge in [-0.05, 0) is 61.4 Å². The second-order valence-electron chi connectivity index (χ2n) is 6.45. The summed E-state index contributed by atoms with van der Waals surface area (Å²) in [7, 11) is 0. The molecule has 3 aromatic rings. The van der Waals surface area contributed by atoms with Gasteiger partial charge in [0.2, 0.25) is 0 Å². The van der Waals surface area contributed by atoms with E-state index >= 15 is 0 Å². The molecular formula is C24H23NO3S. The highest BCUT2D eigenvalue weighted by atomic mass is 32.2. The van der Waals surface area contributed by atoms with Crippen LogP contribution in [0.1, 0.15) is 38.8 Å². The van der Waals surface area contributed by atoms with Crippen LogP contribution in [-0.2, 0) is 10.5 Å². The molecule has 0 aliphatic carbocycles. The quantitative estimate of drug-likeness (QED) is 0.404. The molecule has 148 valence electrons. The second-order valence-corrected chi connectivity index (χ2v) is 7.50. The van der Waals surface area contributed by atoms with Gasteiger partial charge in [0.25, 0.3) is 5.91 Å². The van der Waals surface area contributed by atoms with E-state index in [1.807, 2.05) is 42.5 Å². The first kappa shape index (κ1) is 20.7. The molecular weight excluding hydrogens is 382 g/mol. The minimum absolute atomic E-state index is 0.212. The number of carbonyl (C=O) groups excluding carboxylic acids is 2. The molecule has 0 unspecified atom stereocenters. The lowest BCUT2D eigenvalue weighted by Crippen LogP contribution is -2.14. The van der Waals surface area contributed by atoms with E-state index < -0.39 is 0 Å². The van der Waals surface area contributed by atoms with Crippen LogP contribution in [0.15, 0.2) is 77.7 Å². The number of esters is 1. The first-order chi connectivity index (χ1) is 14.1. The summed E-state index contributed by atoms with van der Waals surface area (Å²) in [5.41, 5.74) is 3.47. The van der Waals surface area contributed by atoms with E-state index in [-0.39, 0.29) is 11.9 Å². The Labute approximate surface area is 175 Å². The van der Waals surface area contributed by atoms with Crippen molar-refractivity contribution in [1.29, 1.82) is 0 Å². The van der Waals surface area contributed by atoms with Crippen molar-refractivity contribution < 1.29 is 14.3 Å². The van der Waals surface area contributed by atoms with Crippen LogP contribution < -0.4 is 5.32 Å². The van der Waals surface area contributed by atoms with Crippen molar-refractivity contribution in [2.75, 3.05) is 11.9 Å². The molecule has 1 amide bonds. The number of carbonyl (C=O) groups is 2. The summed E-state index contributed by atoms with van der Waals surface area (Å²) in [6.07, 6.45) is 0. The van der Waals surface area contributed by atoms with Gasteiger partial charge in [-0.25, -0.2) is 4.79 Å². The highest BCUT2D eigenvalue weighted by molar-refractivity contribution is 7.98. The maximum Gasteiger partial charge on any atom is 0.338 e. The molecule has 4 nitrogen and oxygen atoms in total. The highest BCUT2D eigenvalue weighted by Gasteiger charge is 2.14. The number of anilines is 1. The molecule has 0 aliphatic heterocycles. The van der Waals surface area contributed by atoms with Crippen LogP contribution in [0, 0.1) is 6.92 Å². The van der Waals surface area contributed by atoms with Crippen LogP contribution in [0.4, 0.5) is 5.69 Å². The van der Waals surface area contributed by atoms with Gasteiger partial charge in [0.1, 0.15) is 0 Å². The summed E-state index contributed by atoms with van der Waals surface area (Å²) in [4.78, 5) is 25.9. The summed E-state index contributed by atoms with van der Waals surface area (Å²) < 4.78 is 5.07. The Balaban J connectivity index is 1.65. The average molecular weight is 406 g/mol. The Morgan fingerprint density at radius 2 is 1.66 bits per heavy atom. The van der Waals surface area contributed by atoms with Crippen molar-refractivity contribution in [3.8, 4) is 0 Å². The molecule has 1 N–H and O–H groups in total. The number of rotatable bonds is 7. The Morgan fingerprint density at radius 1 is 0.931 bits per heavy atom. The van der Waals surface area contributed by atoms with Crippen LogP contribution in [-0.4, -0.2) is 18.5 Å². The molecule has 0 bridgehead atoms. The third-order valence-electron chi connectivity index (χ3n) is 4.44. The predicted molar refractivity (Wildman–Crippen MR) is 118 cm³/mol. The van der Waals surface area contributed by atoms with Crippen molar-refractivity contribution in [2.45, 2.75) is 24.5 Å². The Morgan fingerprint density at radius 3 is 2.34 bits per heavy atom. The fourth-order valence-electron chi connectivity index (χ4n) is 2.83. The third-order valence-corrected chi connectivity index (χ3v) is 5.53. The van der Waals surface area contributed by atoms with Crippen LogP contribution in [0.3, 0.4) is 0 Å². The van der Waals surface area contributed by atoms with Crippen molar-refractivity contribution >= 4 is 29.3 Å². The smallest absolute Gasteiger partial charge is 0.338 e. The van der Waals surface area contributed by atoms with Gasteiger partial charge < -0.3 is 10.1 Å². The number of hydrogen-bond acceptors (Lipinski definition) is 4. The van der Waals surface area contributed by atoms with Crippen LogP contribution in [0.5, 0.6) is 0 Å². The Hall–Kier alpha value is -3.05. The summed E-state index contributed by atoms with van der Waals surface area (Å²) in [5.74, 6) is 0.241. The zero-order valence-electron chi connectivity index (χ0n) is 16.5. The fraction of sp³-hybridized carbons (Fsp3) is 0.167. The van der Waals surface area contributed by atoms with Gasteiger partial charge in [-0.1, -0.05) is 36.4 Å². The third kappa shape index (κ3) is 5.48. The van der Waals surface area contributed by atoms with E-state index in [2.05, 4.69) is 17.4 Å². The van der Waals surface area contributed by atoms with Crippen molar-refractivity contribution in [1.82, 2.24) is 0 Å². The molecule has 0 saturated carbocycles. The first-order valence-corrected chi connectivity index (χ1v) is 10.4. The second kappa shape index (κ2) is 9.94. The van der Waals surface area contributed by atoms with Gasteiger partial charge in [-0.3, -0.25) is 4.79 Å². The van der Waals surface area contributed by atoms with Gasteiger partial charge in [0.15, 0.2) is 0 Å². The van der Waals surface area contributed by atoms with E-state index in [1.54, 1.807) is 43.8 Å². The number of thioether (sulfide) groups is 1. The minimum atomic E-state index is -0.388. The Kier molecular flexibility index (Phi) is 7.09. The van der Waals surface area contributed by atoms with E-state index in [0.29, 0.717) is 29.0 Å². The summed E-state index contributed by atoms with van der Waals surface area (Å²) in [6.45, 7) is 3.87. The van der Waals surface area contributed by atoms with Gasteiger partial charge in [-0.2, -0.15) is 0 Å². The molecule has 0 aromatic heterocycles. The van der Waals surface area contributed by atoms with Gasteiger partial charge in [0, 0.05) is 21.9 Å². The van der Waals surface area contributed by atoms with E-state index in [4.69, 9.17) is 4.74 Å². The molecule has 0 heterocycles. The summed E-state index contributed by atoms with van der Waals surface area (Å²) >= 11 is 1.76. The van der Waals surface area contributed by atoms with Crippen LogP contribution in [0.25, 0.3) is 0 Å². The lowest BCUT2D eigenvalue weighted by atomic mass is 10.1. The molecule has 0 radical (unpaired) electrons. The van der Waals surface area contributed by atoms with Crippen molar-refractivity contribution in [3.05, 3.63) is 95.1 Å². The number of benzene rings is 3. The molecule has 3 rings (SSSR count). The minimum Gasteiger partial charge on any atom is -0.462 e. The lowest BCUT2D eigenvalue weighted by molar-refractivity contribution is 0.0525. The Bertz CT molecular complexity index is 985. The maximum atomic E-state index is 12.6. The zero-order valence-corrected chi connectivity index (χ0v) is 17.3. The van der Waals surface area contributed by atoms with Crippen molar-refractivity contribution in [2.24, 2.45) is 0 Å². The average Bonchev–Trinajstić information content (AvgIpc) is 2.75. The highest BCUT2D eigenvalue weighted by Crippen LogP contribution is 2.23. The molecule has 3 aromatic carbocycles. The van der Waals surface area contributed by atoms with E-state index in [9.17, 15) is 9.59 Å². The number of hydrogen-bond donors (Lipinski definition) is 1. The molecule has 5 heteroatoms. The molecule has 29 heavy (non-hydrogen) atoms. The monoisotopic (exact) mass is 405 g/mol. The van der Waals surface area contributed by atoms with Gasteiger partial charge >= 0.3 is 5.97 Å². The van der Waals surface area contributed by atoms with Crippen LogP contribution in [0.2, 0.25) is 0 Å². The van der Waals surface area contributed by atoms with E-state index in [0.717, 1.165) is 11.3 Å². The molecule has 0 atom stereocenters. The van der Waals surface area contributed by atoms with Crippen molar-refractivity contribution in [3.63, 3.8) is 0 Å². The number of ether oxygens (including phenoxy) is 1. The zero-order chi connectivity index (χ0) is 20.6. The molecule has 0 saturated heterocycles. The fourth-order valence-corrected chi connectivity index (χ4v) is 3.71. The largest absolute Gasteiger partial charge is 0.462 e. The van der Waals surface area contributed by atoms with Crippen LogP contribution >= 0.6 is 11.8 Å². The predicted octanol–water partition coefficient (Wildman–Crippen LogP) is 5.72. The molecule has 0 spiro atoms. The number of nitrogens with one attached hydrogen (secondary N) is 1. The van der Waals surface area contributed by atoms with Gasteiger partial charge in [-0.15, -0.1) is 11.8 Å². The lowest BCUT2D eigenvalue weighted by Gasteiger charge is -2.12. The number of amides is 1. The first-order valence-electron chi connectivity index (χ1n) is 9.43. The topological polar surface area (TPSA) is 55.4 Å². The van der Waals surface area contributed by atoms with Gasteiger partial charge in [0.05, 0.1) is 12.2 Å². The van der Waals surface area contributed by atoms with E-state index in [1.165, 1.54) is 4.90 Å². The maximum absolute atomic E-state index is 12.6. The summed E-state index contributed by atoms with van der Waals surface area (Å²) in [5, 5.41) is 2.89.